The first-order chi connectivity index (χ1) is 11.1. The number of carbonyl (C=O) groups excluding carboxylic acids is 1. The van der Waals surface area contributed by atoms with Crippen molar-refractivity contribution < 1.29 is 9.53 Å². The number of nitrogens with one attached hydrogen (secondary N) is 1. The van der Waals surface area contributed by atoms with Gasteiger partial charge in [0.25, 0.3) is 0 Å². The molecule has 0 aromatic heterocycles. The summed E-state index contributed by atoms with van der Waals surface area (Å²) < 4.78 is 5.67. The van der Waals surface area contributed by atoms with Gasteiger partial charge in [-0.05, 0) is 24.1 Å². The zero-order valence-corrected chi connectivity index (χ0v) is 14.9. The van der Waals surface area contributed by atoms with E-state index in [2.05, 4.69) is 5.32 Å². The molecule has 2 unspecified atom stereocenters. The van der Waals surface area contributed by atoms with Crippen LogP contribution in [-0.2, 0) is 4.79 Å². The van der Waals surface area contributed by atoms with Crippen molar-refractivity contribution >= 4 is 18.3 Å². The van der Waals surface area contributed by atoms with E-state index < -0.39 is 0 Å². The Morgan fingerprint density at radius 1 is 1.12 bits per heavy atom. The number of ether oxygens (including phenoxy) is 1. The molecule has 5 heteroatoms. The molecule has 2 aromatic rings. The first-order valence-corrected chi connectivity index (χ1v) is 7.86. The van der Waals surface area contributed by atoms with Gasteiger partial charge in [0.15, 0.2) is 0 Å². The van der Waals surface area contributed by atoms with Gasteiger partial charge in [-0.3, -0.25) is 4.79 Å². The van der Waals surface area contributed by atoms with Gasteiger partial charge in [-0.25, -0.2) is 0 Å². The van der Waals surface area contributed by atoms with Crippen LogP contribution in [0, 0.1) is 12.8 Å². The van der Waals surface area contributed by atoms with E-state index in [4.69, 9.17) is 10.5 Å². The average molecular weight is 349 g/mol. The summed E-state index contributed by atoms with van der Waals surface area (Å²) in [6, 6.07) is 17.2. The smallest absolute Gasteiger partial charge is 0.224 e. The number of hydrogen-bond acceptors (Lipinski definition) is 3. The topological polar surface area (TPSA) is 64.3 Å². The molecule has 0 bridgehead atoms. The number of hydrogen-bond donors (Lipinski definition) is 2. The number of carbonyl (C=O) groups is 1. The van der Waals surface area contributed by atoms with Crippen molar-refractivity contribution in [3.63, 3.8) is 0 Å². The third kappa shape index (κ3) is 5.55. The van der Waals surface area contributed by atoms with Crippen LogP contribution in [0.2, 0.25) is 0 Å². The lowest BCUT2D eigenvalue weighted by Gasteiger charge is -2.20. The van der Waals surface area contributed by atoms with E-state index in [9.17, 15) is 4.79 Å². The van der Waals surface area contributed by atoms with Crippen molar-refractivity contribution in [2.24, 2.45) is 11.7 Å². The summed E-state index contributed by atoms with van der Waals surface area (Å²) in [5.74, 6) is 0.487. The van der Waals surface area contributed by atoms with Gasteiger partial charge in [0.05, 0.1) is 12.5 Å². The van der Waals surface area contributed by atoms with Crippen LogP contribution >= 0.6 is 12.4 Å². The lowest BCUT2D eigenvalue weighted by molar-refractivity contribution is -0.125. The minimum Gasteiger partial charge on any atom is -0.491 e. The van der Waals surface area contributed by atoms with Gasteiger partial charge >= 0.3 is 0 Å². The standard InChI is InChI=1S/C19H24N2O2.ClH/c1-14-8-6-7-11-17(14)23-13-12-21-19(22)15(2)18(20)16-9-4-3-5-10-16;/h3-11,15,18H,12-13,20H2,1-2H3,(H,21,22);1H. The average Bonchev–Trinajstić information content (AvgIpc) is 2.59. The van der Waals surface area contributed by atoms with Crippen LogP contribution in [0.3, 0.4) is 0 Å². The first-order valence-electron chi connectivity index (χ1n) is 7.86. The second-order valence-corrected chi connectivity index (χ2v) is 5.63. The van der Waals surface area contributed by atoms with Crippen molar-refractivity contribution in [1.82, 2.24) is 5.32 Å². The van der Waals surface area contributed by atoms with Crippen LogP contribution in [-0.4, -0.2) is 19.1 Å². The summed E-state index contributed by atoms with van der Waals surface area (Å²) in [5.41, 5.74) is 8.21. The third-order valence-corrected chi connectivity index (χ3v) is 3.89. The molecule has 0 aliphatic rings. The molecule has 0 spiro atoms. The Hall–Kier alpha value is -2.04. The Kier molecular flexibility index (Phi) is 8.30. The minimum atomic E-state index is -0.312. The quantitative estimate of drug-likeness (QED) is 0.755. The highest BCUT2D eigenvalue weighted by Crippen LogP contribution is 2.19. The zero-order chi connectivity index (χ0) is 16.7. The summed E-state index contributed by atoms with van der Waals surface area (Å²) in [7, 11) is 0. The lowest BCUT2D eigenvalue weighted by Crippen LogP contribution is -2.37. The molecular formula is C19H25ClN2O2. The Balaban J connectivity index is 0.00000288. The normalized spacial score (nSPS) is 12.6. The molecule has 24 heavy (non-hydrogen) atoms. The van der Waals surface area contributed by atoms with Crippen LogP contribution < -0.4 is 15.8 Å². The number of rotatable bonds is 7. The van der Waals surface area contributed by atoms with Crippen LogP contribution in [0.1, 0.15) is 24.1 Å². The molecule has 0 heterocycles. The summed E-state index contributed by atoms with van der Waals surface area (Å²) in [6.45, 7) is 4.73. The second-order valence-electron chi connectivity index (χ2n) is 5.63. The number of para-hydroxylation sites is 1. The Bertz CT molecular complexity index is 634. The molecule has 3 N–H and O–H groups in total. The molecule has 0 aliphatic carbocycles. The van der Waals surface area contributed by atoms with E-state index in [0.29, 0.717) is 13.2 Å². The van der Waals surface area contributed by atoms with Crippen molar-refractivity contribution in [1.29, 1.82) is 0 Å². The largest absolute Gasteiger partial charge is 0.491 e. The summed E-state index contributed by atoms with van der Waals surface area (Å²) in [6.07, 6.45) is 0. The molecule has 4 nitrogen and oxygen atoms in total. The SMILES string of the molecule is Cc1ccccc1OCCNC(=O)C(C)C(N)c1ccccc1.Cl. The van der Waals surface area contributed by atoms with Crippen LogP contribution in [0.4, 0.5) is 0 Å². The van der Waals surface area contributed by atoms with E-state index in [1.165, 1.54) is 0 Å². The van der Waals surface area contributed by atoms with Crippen molar-refractivity contribution in [2.45, 2.75) is 19.9 Å². The van der Waals surface area contributed by atoms with Gasteiger partial charge in [-0.1, -0.05) is 55.5 Å². The fourth-order valence-electron chi connectivity index (χ4n) is 2.34. The molecule has 0 fully saturated rings. The maximum atomic E-state index is 12.2. The van der Waals surface area contributed by atoms with Crippen LogP contribution in [0.15, 0.2) is 54.6 Å². The maximum Gasteiger partial charge on any atom is 0.224 e. The molecule has 2 rings (SSSR count). The third-order valence-electron chi connectivity index (χ3n) is 3.89. The predicted molar refractivity (Wildman–Crippen MR) is 99.5 cm³/mol. The van der Waals surface area contributed by atoms with Crippen molar-refractivity contribution in [3.05, 3.63) is 65.7 Å². The molecular weight excluding hydrogens is 324 g/mol. The number of halogens is 1. The van der Waals surface area contributed by atoms with Gasteiger partial charge in [-0.2, -0.15) is 0 Å². The lowest BCUT2D eigenvalue weighted by atomic mass is 9.95. The molecule has 0 saturated heterocycles. The molecule has 130 valence electrons. The Morgan fingerprint density at radius 3 is 2.42 bits per heavy atom. The summed E-state index contributed by atoms with van der Waals surface area (Å²) in [4.78, 5) is 12.2. The van der Waals surface area contributed by atoms with E-state index in [0.717, 1.165) is 16.9 Å². The first kappa shape index (κ1) is 20.0. The monoisotopic (exact) mass is 348 g/mol. The molecule has 2 atom stereocenters. The molecule has 0 saturated carbocycles. The van der Waals surface area contributed by atoms with Crippen molar-refractivity contribution in [3.8, 4) is 5.75 Å². The van der Waals surface area contributed by atoms with Gasteiger partial charge in [0.1, 0.15) is 12.4 Å². The van der Waals surface area contributed by atoms with Gasteiger partial charge < -0.3 is 15.8 Å². The van der Waals surface area contributed by atoms with Crippen LogP contribution in [0.5, 0.6) is 5.75 Å². The fourth-order valence-corrected chi connectivity index (χ4v) is 2.34. The van der Waals surface area contributed by atoms with E-state index >= 15 is 0 Å². The highest BCUT2D eigenvalue weighted by molar-refractivity contribution is 5.85. The highest BCUT2D eigenvalue weighted by Gasteiger charge is 2.21. The van der Waals surface area contributed by atoms with E-state index in [1.807, 2.05) is 68.4 Å². The van der Waals surface area contributed by atoms with Gasteiger partial charge in [-0.15, -0.1) is 12.4 Å². The maximum absolute atomic E-state index is 12.2. The van der Waals surface area contributed by atoms with Gasteiger partial charge in [0.2, 0.25) is 5.91 Å². The highest BCUT2D eigenvalue weighted by atomic mass is 35.5. The Morgan fingerprint density at radius 2 is 1.75 bits per heavy atom. The van der Waals surface area contributed by atoms with Gasteiger partial charge in [0, 0.05) is 6.04 Å². The number of amides is 1. The fraction of sp³-hybridized carbons (Fsp3) is 0.316. The summed E-state index contributed by atoms with van der Waals surface area (Å²) in [5, 5.41) is 2.88. The van der Waals surface area contributed by atoms with Crippen LogP contribution in [0.25, 0.3) is 0 Å². The molecule has 1 amide bonds. The van der Waals surface area contributed by atoms with E-state index in [-0.39, 0.29) is 30.3 Å². The predicted octanol–water partition coefficient (Wildman–Crippen LogP) is 3.25. The number of aryl methyl sites for hydroxylation is 1. The Labute approximate surface area is 149 Å². The minimum absolute atomic E-state index is 0. The van der Waals surface area contributed by atoms with Crippen molar-refractivity contribution in [2.75, 3.05) is 13.2 Å². The summed E-state index contributed by atoms with van der Waals surface area (Å²) >= 11 is 0. The second kappa shape index (κ2) is 9.96. The zero-order valence-electron chi connectivity index (χ0n) is 14.1. The number of nitrogens with two attached hydrogens (primary N) is 1. The molecule has 0 aliphatic heterocycles. The van der Waals surface area contributed by atoms with E-state index in [1.54, 1.807) is 0 Å². The molecule has 2 aromatic carbocycles. The number of benzene rings is 2. The molecule has 0 radical (unpaired) electrons.